The van der Waals surface area contributed by atoms with Crippen molar-refractivity contribution in [1.82, 2.24) is 4.90 Å². The molecular formula is C28H27ClN3O3+. The Morgan fingerprint density at radius 2 is 1.34 bits per heavy atom. The van der Waals surface area contributed by atoms with Gasteiger partial charge in [0.25, 0.3) is 11.8 Å². The zero-order chi connectivity index (χ0) is 24.4. The van der Waals surface area contributed by atoms with Crippen LogP contribution in [0.3, 0.4) is 0 Å². The molecule has 2 aliphatic rings. The predicted octanol–water partition coefficient (Wildman–Crippen LogP) is 3.01. The molecule has 1 fully saturated rings. The minimum atomic E-state index is -0.488. The van der Waals surface area contributed by atoms with Gasteiger partial charge in [0.1, 0.15) is 22.5 Å². The van der Waals surface area contributed by atoms with Crippen LogP contribution in [0.4, 0.5) is 5.69 Å². The summed E-state index contributed by atoms with van der Waals surface area (Å²) in [5.41, 5.74) is 3.29. The fraction of sp³-hybridized carbons (Fsp3) is 0.214. The van der Waals surface area contributed by atoms with Crippen LogP contribution in [0.1, 0.15) is 17.2 Å². The lowest BCUT2D eigenvalue weighted by Gasteiger charge is -2.38. The first-order chi connectivity index (χ1) is 17.1. The summed E-state index contributed by atoms with van der Waals surface area (Å²) in [6.45, 7) is 2.89. The molecule has 3 aromatic carbocycles. The van der Waals surface area contributed by atoms with Gasteiger partial charge in [-0.15, -0.1) is 0 Å². The van der Waals surface area contributed by atoms with Crippen LogP contribution in [0, 0.1) is 0 Å². The van der Waals surface area contributed by atoms with E-state index in [1.54, 1.807) is 31.4 Å². The third-order valence-corrected chi connectivity index (χ3v) is 7.07. The monoisotopic (exact) mass is 488 g/mol. The summed E-state index contributed by atoms with van der Waals surface area (Å²) >= 11 is 6.45. The van der Waals surface area contributed by atoms with E-state index in [2.05, 4.69) is 48.5 Å². The summed E-state index contributed by atoms with van der Waals surface area (Å²) in [5, 5.41) is -0.0167. The average Bonchev–Trinajstić information content (AvgIpc) is 3.13. The van der Waals surface area contributed by atoms with Gasteiger partial charge < -0.3 is 14.5 Å². The number of quaternary nitrogens is 1. The Kier molecular flexibility index (Phi) is 6.57. The number of nitrogens with one attached hydrogen (secondary N) is 1. The molecule has 35 heavy (non-hydrogen) atoms. The topological polar surface area (TPSA) is 54.3 Å². The second-order valence-electron chi connectivity index (χ2n) is 8.71. The second-order valence-corrected chi connectivity index (χ2v) is 9.08. The van der Waals surface area contributed by atoms with E-state index in [4.69, 9.17) is 16.3 Å². The van der Waals surface area contributed by atoms with Gasteiger partial charge >= 0.3 is 0 Å². The predicted molar refractivity (Wildman–Crippen MR) is 135 cm³/mol. The minimum absolute atomic E-state index is 0.0167. The number of ether oxygens (including phenoxy) is 1. The highest BCUT2D eigenvalue weighted by atomic mass is 35.5. The van der Waals surface area contributed by atoms with Gasteiger partial charge in [0.05, 0.1) is 39.0 Å². The number of hydrogen-bond acceptors (Lipinski definition) is 4. The van der Waals surface area contributed by atoms with Gasteiger partial charge in [-0.1, -0.05) is 72.3 Å². The van der Waals surface area contributed by atoms with Crippen LogP contribution in [0.25, 0.3) is 0 Å². The Morgan fingerprint density at radius 3 is 1.86 bits per heavy atom. The third-order valence-electron chi connectivity index (χ3n) is 6.73. The lowest BCUT2D eigenvalue weighted by molar-refractivity contribution is -0.929. The average molecular weight is 489 g/mol. The zero-order valence-electron chi connectivity index (χ0n) is 19.5. The van der Waals surface area contributed by atoms with Gasteiger partial charge in [0.15, 0.2) is 0 Å². The molecule has 178 valence electrons. The normalized spacial score (nSPS) is 17.0. The maximum absolute atomic E-state index is 13.3. The maximum Gasteiger partial charge on any atom is 0.283 e. The number of carbonyl (C=O) groups excluding carboxylic acids is 2. The van der Waals surface area contributed by atoms with E-state index < -0.39 is 5.91 Å². The summed E-state index contributed by atoms with van der Waals surface area (Å²) in [5.74, 6) is -0.216. The number of anilines is 1. The van der Waals surface area contributed by atoms with E-state index in [0.29, 0.717) is 30.2 Å². The van der Waals surface area contributed by atoms with E-state index in [1.165, 1.54) is 16.0 Å². The number of methoxy groups -OCH3 is 1. The highest BCUT2D eigenvalue weighted by Gasteiger charge is 2.43. The van der Waals surface area contributed by atoms with Crippen molar-refractivity contribution in [3.63, 3.8) is 0 Å². The van der Waals surface area contributed by atoms with Crippen LogP contribution in [-0.4, -0.2) is 50.0 Å². The van der Waals surface area contributed by atoms with E-state index in [0.717, 1.165) is 18.0 Å². The molecule has 2 amide bonds. The molecule has 0 radical (unpaired) electrons. The Labute approximate surface area is 210 Å². The second kappa shape index (κ2) is 9.94. The van der Waals surface area contributed by atoms with Crippen LogP contribution >= 0.6 is 11.6 Å². The highest BCUT2D eigenvalue weighted by molar-refractivity contribution is 6.52. The molecule has 2 aliphatic heterocycles. The number of rotatable bonds is 6. The number of carbonyl (C=O) groups is 2. The summed E-state index contributed by atoms with van der Waals surface area (Å²) in [6, 6.07) is 28.0. The van der Waals surface area contributed by atoms with Gasteiger partial charge in [-0.25, -0.2) is 4.90 Å². The molecule has 0 atom stereocenters. The SMILES string of the molecule is COc1ccc(N2C(=O)C(Cl)=C(N3CC[NH+](C(c4ccccc4)c4ccccc4)CC3)C2=O)cc1. The zero-order valence-corrected chi connectivity index (χ0v) is 20.2. The first kappa shape index (κ1) is 23.1. The van der Waals surface area contributed by atoms with Crippen molar-refractivity contribution >= 4 is 29.1 Å². The van der Waals surface area contributed by atoms with E-state index >= 15 is 0 Å². The molecule has 0 bridgehead atoms. The smallest absolute Gasteiger partial charge is 0.283 e. The summed E-state index contributed by atoms with van der Waals surface area (Å²) in [6.07, 6.45) is 0. The molecule has 0 aromatic heterocycles. The molecule has 2 heterocycles. The number of benzene rings is 3. The number of hydrogen-bond donors (Lipinski definition) is 1. The van der Waals surface area contributed by atoms with Crippen LogP contribution < -0.4 is 14.5 Å². The van der Waals surface area contributed by atoms with Gasteiger partial charge in [0, 0.05) is 11.1 Å². The molecule has 3 aromatic rings. The molecule has 5 rings (SSSR count). The fourth-order valence-corrected chi connectivity index (χ4v) is 5.28. The van der Waals surface area contributed by atoms with Crippen molar-refractivity contribution in [2.24, 2.45) is 0 Å². The van der Waals surface area contributed by atoms with Gasteiger partial charge in [-0.05, 0) is 24.3 Å². The molecule has 6 nitrogen and oxygen atoms in total. The maximum atomic E-state index is 13.3. The standard InChI is InChI=1S/C28H26ClN3O3/c1-35-23-14-12-22(13-15-23)32-27(33)24(29)26(28(32)34)31-18-16-30(17-19-31)25(20-8-4-2-5-9-20)21-10-6-3-7-11-21/h2-15,25H,16-19H2,1H3/p+1. The number of nitrogens with zero attached hydrogens (tertiary/aromatic N) is 2. The van der Waals surface area contributed by atoms with Crippen molar-refractivity contribution in [1.29, 1.82) is 0 Å². The third kappa shape index (κ3) is 4.43. The quantitative estimate of drug-likeness (QED) is 0.542. The van der Waals surface area contributed by atoms with Crippen molar-refractivity contribution in [2.45, 2.75) is 6.04 Å². The van der Waals surface area contributed by atoms with Crippen molar-refractivity contribution in [3.05, 3.63) is 107 Å². The van der Waals surface area contributed by atoms with E-state index in [9.17, 15) is 9.59 Å². The van der Waals surface area contributed by atoms with Gasteiger partial charge in [-0.3, -0.25) is 9.59 Å². The molecular weight excluding hydrogens is 462 g/mol. The molecule has 1 N–H and O–H groups in total. The Bertz CT molecular complexity index is 1200. The lowest BCUT2D eigenvalue weighted by Crippen LogP contribution is -3.15. The van der Waals surface area contributed by atoms with E-state index in [1.807, 2.05) is 17.0 Å². The molecule has 1 saturated heterocycles. The number of imide groups is 1. The molecule has 0 aliphatic carbocycles. The number of halogens is 1. The molecule has 7 heteroatoms. The Balaban J connectivity index is 1.34. The molecule has 0 saturated carbocycles. The lowest BCUT2D eigenvalue weighted by atomic mass is 9.96. The summed E-state index contributed by atoms with van der Waals surface area (Å²) in [7, 11) is 1.57. The molecule has 0 unspecified atom stereocenters. The first-order valence-corrected chi connectivity index (χ1v) is 12.1. The first-order valence-electron chi connectivity index (χ1n) is 11.7. The fourth-order valence-electron chi connectivity index (χ4n) is 4.99. The van der Waals surface area contributed by atoms with E-state index in [-0.39, 0.29) is 17.0 Å². The van der Waals surface area contributed by atoms with Gasteiger partial charge in [0.2, 0.25) is 0 Å². The van der Waals surface area contributed by atoms with Gasteiger partial charge in [-0.2, -0.15) is 0 Å². The highest BCUT2D eigenvalue weighted by Crippen LogP contribution is 2.32. The summed E-state index contributed by atoms with van der Waals surface area (Å²) < 4.78 is 5.18. The minimum Gasteiger partial charge on any atom is -0.497 e. The summed E-state index contributed by atoms with van der Waals surface area (Å²) in [4.78, 5) is 30.8. The Hall–Kier alpha value is -3.61. The number of amides is 2. The van der Waals surface area contributed by atoms with Crippen LogP contribution in [0.2, 0.25) is 0 Å². The van der Waals surface area contributed by atoms with Crippen molar-refractivity contribution in [3.8, 4) is 5.75 Å². The molecule has 0 spiro atoms. The van der Waals surface area contributed by atoms with Crippen LogP contribution in [0.15, 0.2) is 95.7 Å². The van der Waals surface area contributed by atoms with Crippen LogP contribution in [-0.2, 0) is 9.59 Å². The van der Waals surface area contributed by atoms with Crippen molar-refractivity contribution in [2.75, 3.05) is 38.2 Å². The number of piperazine rings is 1. The van der Waals surface area contributed by atoms with Crippen LogP contribution in [0.5, 0.6) is 5.75 Å². The largest absolute Gasteiger partial charge is 0.497 e. The van der Waals surface area contributed by atoms with Crippen molar-refractivity contribution < 1.29 is 19.2 Å². The Morgan fingerprint density at radius 1 is 0.800 bits per heavy atom.